The van der Waals surface area contributed by atoms with E-state index < -0.39 is 0 Å². The van der Waals surface area contributed by atoms with Crippen molar-refractivity contribution >= 4 is 11.9 Å². The molecular formula is C15H21NO4. The van der Waals surface area contributed by atoms with Crippen LogP contribution in [0.2, 0.25) is 0 Å². The van der Waals surface area contributed by atoms with E-state index in [9.17, 15) is 9.59 Å². The number of benzene rings is 1. The molecule has 5 nitrogen and oxygen atoms in total. The summed E-state index contributed by atoms with van der Waals surface area (Å²) in [6.07, 6.45) is 1.26. The standard InChI is InChI=1S/C15H21NO4/c1-16(9-5-8-15(18)20-3)14(17)11-12-6-4-7-13(10-12)19-2/h4,6-7,10H,5,8-9,11H2,1-3H3. The smallest absolute Gasteiger partial charge is 0.305 e. The molecule has 0 atom stereocenters. The van der Waals surface area contributed by atoms with E-state index >= 15 is 0 Å². The van der Waals surface area contributed by atoms with E-state index in [1.807, 2.05) is 24.3 Å². The molecule has 0 radical (unpaired) electrons. The number of esters is 1. The molecule has 110 valence electrons. The molecule has 0 N–H and O–H groups in total. The summed E-state index contributed by atoms with van der Waals surface area (Å²) in [5, 5.41) is 0. The van der Waals surface area contributed by atoms with Crippen molar-refractivity contribution in [3.63, 3.8) is 0 Å². The van der Waals surface area contributed by atoms with Crippen LogP contribution < -0.4 is 4.74 Å². The molecule has 0 saturated carbocycles. The van der Waals surface area contributed by atoms with Gasteiger partial charge in [0.2, 0.25) is 5.91 Å². The Labute approximate surface area is 119 Å². The van der Waals surface area contributed by atoms with Crippen LogP contribution in [0.1, 0.15) is 18.4 Å². The normalized spacial score (nSPS) is 9.95. The van der Waals surface area contributed by atoms with Gasteiger partial charge in [0.05, 0.1) is 20.6 Å². The molecule has 0 spiro atoms. The lowest BCUT2D eigenvalue weighted by molar-refractivity contribution is -0.141. The SMILES string of the molecule is COC(=O)CCCN(C)C(=O)Cc1cccc(OC)c1. The largest absolute Gasteiger partial charge is 0.497 e. The van der Waals surface area contributed by atoms with Gasteiger partial charge in [0, 0.05) is 20.0 Å². The number of ether oxygens (including phenoxy) is 2. The lowest BCUT2D eigenvalue weighted by atomic mass is 10.1. The number of methoxy groups -OCH3 is 2. The minimum atomic E-state index is -0.251. The quantitative estimate of drug-likeness (QED) is 0.712. The summed E-state index contributed by atoms with van der Waals surface area (Å²) in [6, 6.07) is 7.44. The molecule has 0 aliphatic heterocycles. The minimum Gasteiger partial charge on any atom is -0.497 e. The van der Waals surface area contributed by atoms with Crippen LogP contribution in [0.5, 0.6) is 5.75 Å². The van der Waals surface area contributed by atoms with Gasteiger partial charge in [0.1, 0.15) is 5.75 Å². The van der Waals surface area contributed by atoms with E-state index in [0.717, 1.165) is 11.3 Å². The van der Waals surface area contributed by atoms with E-state index in [1.54, 1.807) is 19.1 Å². The molecule has 1 rings (SSSR count). The highest BCUT2D eigenvalue weighted by Crippen LogP contribution is 2.13. The first-order valence-corrected chi connectivity index (χ1v) is 6.50. The van der Waals surface area contributed by atoms with Gasteiger partial charge < -0.3 is 14.4 Å². The third kappa shape index (κ3) is 5.30. The van der Waals surface area contributed by atoms with E-state index in [0.29, 0.717) is 25.8 Å². The Hall–Kier alpha value is -2.04. The Morgan fingerprint density at radius 1 is 1.25 bits per heavy atom. The number of carbonyl (C=O) groups is 2. The molecule has 0 aliphatic carbocycles. The maximum absolute atomic E-state index is 12.0. The van der Waals surface area contributed by atoms with Gasteiger partial charge in [-0.3, -0.25) is 9.59 Å². The number of rotatable bonds is 7. The van der Waals surface area contributed by atoms with Gasteiger partial charge in [-0.25, -0.2) is 0 Å². The summed E-state index contributed by atoms with van der Waals surface area (Å²) in [7, 11) is 4.69. The zero-order valence-electron chi connectivity index (χ0n) is 12.2. The third-order valence-electron chi connectivity index (χ3n) is 3.02. The van der Waals surface area contributed by atoms with E-state index in [2.05, 4.69) is 4.74 Å². The van der Waals surface area contributed by atoms with Crippen LogP contribution >= 0.6 is 0 Å². The minimum absolute atomic E-state index is 0.0168. The molecule has 20 heavy (non-hydrogen) atoms. The molecule has 1 aromatic rings. The Kier molecular flexibility index (Phi) is 6.56. The van der Waals surface area contributed by atoms with Gasteiger partial charge in [-0.1, -0.05) is 12.1 Å². The van der Waals surface area contributed by atoms with Crippen molar-refractivity contribution in [3.8, 4) is 5.75 Å². The summed E-state index contributed by atoms with van der Waals surface area (Å²) < 4.78 is 9.68. The summed E-state index contributed by atoms with van der Waals surface area (Å²) in [5.74, 6) is 0.505. The molecule has 1 amide bonds. The highest BCUT2D eigenvalue weighted by molar-refractivity contribution is 5.78. The van der Waals surface area contributed by atoms with Crippen molar-refractivity contribution in [2.75, 3.05) is 27.8 Å². The van der Waals surface area contributed by atoms with Gasteiger partial charge in [-0.05, 0) is 24.1 Å². The Morgan fingerprint density at radius 3 is 2.65 bits per heavy atom. The van der Waals surface area contributed by atoms with Crippen molar-refractivity contribution in [1.82, 2.24) is 4.90 Å². The predicted molar refractivity (Wildman–Crippen MR) is 75.6 cm³/mol. The second-order valence-corrected chi connectivity index (χ2v) is 4.52. The van der Waals surface area contributed by atoms with Gasteiger partial charge in [0.25, 0.3) is 0 Å². The molecule has 1 aromatic carbocycles. The zero-order valence-corrected chi connectivity index (χ0v) is 12.2. The van der Waals surface area contributed by atoms with Crippen LogP contribution in [0.25, 0.3) is 0 Å². The van der Waals surface area contributed by atoms with Crippen LogP contribution in [0.3, 0.4) is 0 Å². The second kappa shape index (κ2) is 8.19. The van der Waals surface area contributed by atoms with E-state index in [4.69, 9.17) is 4.74 Å². The van der Waals surface area contributed by atoms with Crippen LogP contribution in [-0.2, 0) is 20.7 Å². The van der Waals surface area contributed by atoms with Crippen LogP contribution in [-0.4, -0.2) is 44.6 Å². The number of nitrogens with zero attached hydrogens (tertiary/aromatic N) is 1. The summed E-state index contributed by atoms with van der Waals surface area (Å²) >= 11 is 0. The van der Waals surface area contributed by atoms with Crippen molar-refractivity contribution in [3.05, 3.63) is 29.8 Å². The monoisotopic (exact) mass is 279 g/mol. The summed E-state index contributed by atoms with van der Waals surface area (Å²) in [6.45, 7) is 0.540. The lowest BCUT2D eigenvalue weighted by Gasteiger charge is -2.17. The molecule has 5 heteroatoms. The van der Waals surface area contributed by atoms with Crippen molar-refractivity contribution in [2.45, 2.75) is 19.3 Å². The fourth-order valence-electron chi connectivity index (χ4n) is 1.78. The predicted octanol–water partition coefficient (Wildman–Crippen LogP) is 1.65. The first kappa shape index (κ1) is 16.0. The molecule has 0 heterocycles. The van der Waals surface area contributed by atoms with Gasteiger partial charge in [0.15, 0.2) is 0 Å². The Morgan fingerprint density at radius 2 is 2.00 bits per heavy atom. The topological polar surface area (TPSA) is 55.8 Å². The molecule has 0 aromatic heterocycles. The first-order chi connectivity index (χ1) is 9.56. The van der Waals surface area contributed by atoms with Gasteiger partial charge in [-0.2, -0.15) is 0 Å². The van der Waals surface area contributed by atoms with Crippen molar-refractivity contribution in [1.29, 1.82) is 0 Å². The number of carbonyl (C=O) groups excluding carboxylic acids is 2. The highest BCUT2D eigenvalue weighted by atomic mass is 16.5. The lowest BCUT2D eigenvalue weighted by Crippen LogP contribution is -2.29. The molecule has 0 bridgehead atoms. The second-order valence-electron chi connectivity index (χ2n) is 4.52. The third-order valence-corrected chi connectivity index (χ3v) is 3.02. The Balaban J connectivity index is 2.42. The fourth-order valence-corrected chi connectivity index (χ4v) is 1.78. The number of likely N-dealkylation sites (N-methyl/N-ethyl adjacent to an activating group) is 1. The number of hydrogen-bond acceptors (Lipinski definition) is 4. The zero-order chi connectivity index (χ0) is 15.0. The Bertz CT molecular complexity index is 459. The first-order valence-electron chi connectivity index (χ1n) is 6.50. The summed E-state index contributed by atoms with van der Waals surface area (Å²) in [5.41, 5.74) is 0.911. The molecule has 0 aliphatic rings. The van der Waals surface area contributed by atoms with Crippen LogP contribution in [0.4, 0.5) is 0 Å². The maximum Gasteiger partial charge on any atom is 0.305 e. The van der Waals surface area contributed by atoms with Crippen LogP contribution in [0, 0.1) is 0 Å². The average molecular weight is 279 g/mol. The number of hydrogen-bond donors (Lipinski definition) is 0. The molecule has 0 saturated heterocycles. The number of amides is 1. The molecule has 0 fully saturated rings. The van der Waals surface area contributed by atoms with Crippen LogP contribution in [0.15, 0.2) is 24.3 Å². The molecular weight excluding hydrogens is 258 g/mol. The highest BCUT2D eigenvalue weighted by Gasteiger charge is 2.11. The maximum atomic E-state index is 12.0. The summed E-state index contributed by atoms with van der Waals surface area (Å²) in [4.78, 5) is 24.6. The van der Waals surface area contributed by atoms with E-state index in [-0.39, 0.29) is 11.9 Å². The van der Waals surface area contributed by atoms with Gasteiger partial charge >= 0.3 is 5.97 Å². The van der Waals surface area contributed by atoms with E-state index in [1.165, 1.54) is 7.11 Å². The average Bonchev–Trinajstić information content (AvgIpc) is 2.46. The van der Waals surface area contributed by atoms with Crippen molar-refractivity contribution < 1.29 is 19.1 Å². The molecule has 0 unspecified atom stereocenters. The van der Waals surface area contributed by atoms with Crippen molar-refractivity contribution in [2.24, 2.45) is 0 Å². The fraction of sp³-hybridized carbons (Fsp3) is 0.467. The van der Waals surface area contributed by atoms with Gasteiger partial charge in [-0.15, -0.1) is 0 Å².